The number of nitrogens with two attached hydrogens (primary N) is 2. The van der Waals surface area contributed by atoms with E-state index in [2.05, 4.69) is 9.98 Å². The molecule has 0 spiro atoms. The van der Waals surface area contributed by atoms with E-state index >= 15 is 0 Å². The number of hydrogen-bond donors (Lipinski definition) is 2. The third-order valence-electron chi connectivity index (χ3n) is 1.60. The predicted octanol–water partition coefficient (Wildman–Crippen LogP) is 0.499. The third kappa shape index (κ3) is 4.54. The first-order chi connectivity index (χ1) is 7.58. The predicted molar refractivity (Wildman–Crippen MR) is 55.2 cm³/mol. The van der Waals surface area contributed by atoms with Gasteiger partial charge in [-0.2, -0.15) is 0 Å². The molecule has 0 unspecified atom stereocenters. The zero-order valence-corrected chi connectivity index (χ0v) is 8.44. The summed E-state index contributed by atoms with van der Waals surface area (Å²) in [4.78, 5) is 7.54. The molecule has 0 aliphatic carbocycles. The van der Waals surface area contributed by atoms with Gasteiger partial charge >= 0.3 is 0 Å². The van der Waals surface area contributed by atoms with Crippen LogP contribution in [0.1, 0.15) is 5.56 Å². The average Bonchev–Trinajstić information content (AvgIpc) is 2.24. The molecule has 88 valence electrons. The lowest BCUT2D eigenvalue weighted by Gasteiger charge is -2.05. The van der Waals surface area contributed by atoms with E-state index in [1.807, 2.05) is 0 Å². The van der Waals surface area contributed by atoms with Crippen LogP contribution in [-0.4, -0.2) is 24.0 Å². The molecule has 0 aliphatic rings. The van der Waals surface area contributed by atoms with Crippen molar-refractivity contribution < 1.29 is 13.5 Å². The number of nitrogens with zero attached hydrogens (tertiary/aromatic N) is 2. The van der Waals surface area contributed by atoms with Crippen molar-refractivity contribution in [1.82, 2.24) is 4.98 Å². The second kappa shape index (κ2) is 5.84. The largest absolute Gasteiger partial charge is 0.472 e. The average molecular weight is 230 g/mol. The fourth-order valence-electron chi connectivity index (χ4n) is 0.959. The minimum atomic E-state index is -2.52. The summed E-state index contributed by atoms with van der Waals surface area (Å²) in [6.45, 7) is -0.422. The van der Waals surface area contributed by atoms with E-state index in [0.29, 0.717) is 0 Å². The molecule has 0 aliphatic heterocycles. The summed E-state index contributed by atoms with van der Waals surface area (Å²) in [7, 11) is 0. The molecule has 1 aromatic heterocycles. The topological polar surface area (TPSA) is 86.5 Å². The minimum Gasteiger partial charge on any atom is -0.472 e. The Morgan fingerprint density at radius 2 is 2.25 bits per heavy atom. The molecule has 0 bridgehead atoms. The van der Waals surface area contributed by atoms with Gasteiger partial charge < -0.3 is 16.2 Å². The molecule has 0 saturated heterocycles. The second-order valence-electron chi connectivity index (χ2n) is 2.95. The number of ether oxygens (including phenoxy) is 1. The summed E-state index contributed by atoms with van der Waals surface area (Å²) in [6.07, 6.45) is -1.08. The van der Waals surface area contributed by atoms with Crippen LogP contribution in [0.4, 0.5) is 8.78 Å². The molecule has 16 heavy (non-hydrogen) atoms. The van der Waals surface area contributed by atoms with E-state index < -0.39 is 13.0 Å². The van der Waals surface area contributed by atoms with Crippen LogP contribution in [0.15, 0.2) is 23.3 Å². The van der Waals surface area contributed by atoms with E-state index in [-0.39, 0.29) is 18.4 Å². The highest BCUT2D eigenvalue weighted by molar-refractivity contribution is 5.75. The summed E-state index contributed by atoms with van der Waals surface area (Å²) < 4.78 is 28.5. The molecule has 0 radical (unpaired) electrons. The van der Waals surface area contributed by atoms with Crippen molar-refractivity contribution in [1.29, 1.82) is 0 Å². The Bertz CT molecular complexity index is 366. The Balaban J connectivity index is 2.60. The van der Waals surface area contributed by atoms with Gasteiger partial charge in [-0.25, -0.2) is 18.8 Å². The van der Waals surface area contributed by atoms with Crippen LogP contribution >= 0.6 is 0 Å². The van der Waals surface area contributed by atoms with Crippen molar-refractivity contribution in [3.05, 3.63) is 23.9 Å². The third-order valence-corrected chi connectivity index (χ3v) is 1.60. The fourth-order valence-corrected chi connectivity index (χ4v) is 0.959. The molecule has 0 atom stereocenters. The Morgan fingerprint density at radius 3 is 2.88 bits per heavy atom. The van der Waals surface area contributed by atoms with Crippen LogP contribution in [0.3, 0.4) is 0 Å². The monoisotopic (exact) mass is 230 g/mol. The number of pyridine rings is 1. The number of aromatic nitrogens is 1. The van der Waals surface area contributed by atoms with Gasteiger partial charge in [0.2, 0.25) is 5.88 Å². The van der Waals surface area contributed by atoms with E-state index in [9.17, 15) is 8.78 Å². The number of guanidine groups is 1. The smallest absolute Gasteiger partial charge is 0.272 e. The fraction of sp³-hybridized carbons (Fsp3) is 0.333. The van der Waals surface area contributed by atoms with Gasteiger partial charge in [0.25, 0.3) is 6.43 Å². The molecular formula is C9H12F2N4O. The number of hydrogen-bond acceptors (Lipinski definition) is 3. The molecule has 7 heteroatoms. The van der Waals surface area contributed by atoms with Crippen molar-refractivity contribution >= 4 is 5.96 Å². The van der Waals surface area contributed by atoms with Crippen LogP contribution in [-0.2, 0) is 6.54 Å². The van der Waals surface area contributed by atoms with Gasteiger partial charge in [-0.05, 0) is 11.6 Å². The van der Waals surface area contributed by atoms with Gasteiger partial charge in [0.15, 0.2) is 12.6 Å². The molecule has 4 N–H and O–H groups in total. The van der Waals surface area contributed by atoms with E-state index in [1.54, 1.807) is 6.07 Å². The molecule has 0 amide bonds. The minimum absolute atomic E-state index is 0.0353. The van der Waals surface area contributed by atoms with E-state index in [1.165, 1.54) is 12.3 Å². The molecule has 1 heterocycles. The van der Waals surface area contributed by atoms with Gasteiger partial charge in [0.05, 0.1) is 6.54 Å². The van der Waals surface area contributed by atoms with Crippen molar-refractivity contribution in [3.63, 3.8) is 0 Å². The van der Waals surface area contributed by atoms with E-state index in [4.69, 9.17) is 16.2 Å². The zero-order chi connectivity index (χ0) is 12.0. The quantitative estimate of drug-likeness (QED) is 0.569. The van der Waals surface area contributed by atoms with Gasteiger partial charge in [0.1, 0.15) is 0 Å². The summed E-state index contributed by atoms with van der Waals surface area (Å²) in [6, 6.07) is 3.18. The Hall–Kier alpha value is -1.92. The van der Waals surface area contributed by atoms with Gasteiger partial charge in [-0.3, -0.25) is 0 Å². The molecule has 1 aromatic rings. The van der Waals surface area contributed by atoms with Crippen LogP contribution in [0.5, 0.6) is 5.88 Å². The van der Waals surface area contributed by atoms with Gasteiger partial charge in [-0.1, -0.05) is 0 Å². The molecule has 0 fully saturated rings. The first kappa shape index (κ1) is 12.2. The van der Waals surface area contributed by atoms with Crippen molar-refractivity contribution in [2.75, 3.05) is 6.61 Å². The molecule has 0 saturated carbocycles. The maximum Gasteiger partial charge on any atom is 0.272 e. The lowest BCUT2D eigenvalue weighted by atomic mass is 10.3. The normalized spacial score (nSPS) is 10.2. The lowest BCUT2D eigenvalue weighted by Crippen LogP contribution is -2.22. The van der Waals surface area contributed by atoms with E-state index in [0.717, 1.165) is 5.56 Å². The summed E-state index contributed by atoms with van der Waals surface area (Å²) in [5.41, 5.74) is 11.0. The highest BCUT2D eigenvalue weighted by Gasteiger charge is 2.04. The van der Waals surface area contributed by atoms with Gasteiger partial charge in [0, 0.05) is 12.3 Å². The maximum absolute atomic E-state index is 11.9. The second-order valence-corrected chi connectivity index (χ2v) is 2.95. The number of aliphatic imine (C=N–C) groups is 1. The lowest BCUT2D eigenvalue weighted by molar-refractivity contribution is 0.0795. The molecule has 1 rings (SSSR count). The highest BCUT2D eigenvalue weighted by Crippen LogP contribution is 2.11. The molecule has 0 aromatic carbocycles. The van der Waals surface area contributed by atoms with Crippen molar-refractivity contribution in [3.8, 4) is 5.88 Å². The Labute approximate surface area is 91.1 Å². The van der Waals surface area contributed by atoms with Crippen molar-refractivity contribution in [2.24, 2.45) is 16.5 Å². The Kier molecular flexibility index (Phi) is 4.43. The summed E-state index contributed by atoms with van der Waals surface area (Å²) in [5.74, 6) is 0.0930. The zero-order valence-electron chi connectivity index (χ0n) is 8.44. The van der Waals surface area contributed by atoms with Gasteiger partial charge in [-0.15, -0.1) is 0 Å². The van der Waals surface area contributed by atoms with Crippen LogP contribution in [0.25, 0.3) is 0 Å². The SMILES string of the molecule is NC(N)=NCc1ccnc(OCC(F)F)c1. The Morgan fingerprint density at radius 1 is 1.50 bits per heavy atom. The summed E-state index contributed by atoms with van der Waals surface area (Å²) in [5, 5.41) is 0. The first-order valence-electron chi connectivity index (χ1n) is 4.49. The summed E-state index contributed by atoms with van der Waals surface area (Å²) >= 11 is 0. The highest BCUT2D eigenvalue weighted by atomic mass is 19.3. The van der Waals surface area contributed by atoms with Crippen LogP contribution in [0.2, 0.25) is 0 Å². The first-order valence-corrected chi connectivity index (χ1v) is 4.49. The van der Waals surface area contributed by atoms with Crippen LogP contribution in [0, 0.1) is 0 Å². The van der Waals surface area contributed by atoms with Crippen LogP contribution < -0.4 is 16.2 Å². The standard InChI is InChI=1S/C9H12F2N4O/c10-7(11)5-16-8-3-6(1-2-14-8)4-15-9(12)13/h1-3,7H,4-5H2,(H4,12,13,15). The molecule has 5 nitrogen and oxygen atoms in total. The number of halogens is 2. The van der Waals surface area contributed by atoms with Crippen molar-refractivity contribution in [2.45, 2.75) is 13.0 Å². The maximum atomic E-state index is 11.9. The number of alkyl halides is 2. The molecular weight excluding hydrogens is 218 g/mol. The number of rotatable bonds is 5.